The Bertz CT molecular complexity index is 380. The monoisotopic (exact) mass is 285 g/mol. The first-order chi connectivity index (χ1) is 9.32. The molecule has 0 saturated carbocycles. The summed E-state index contributed by atoms with van der Waals surface area (Å²) in [5.74, 6) is -1.63. The van der Waals surface area contributed by atoms with Crippen LogP contribution < -0.4 is 0 Å². The predicted octanol–water partition coefficient (Wildman–Crippen LogP) is 0.313. The zero-order chi connectivity index (χ0) is 15.3. The molecule has 1 aliphatic rings. The summed E-state index contributed by atoms with van der Waals surface area (Å²) in [6, 6.07) is -0.342. The fraction of sp³-hybridized carbons (Fsp3) is 0.769. The van der Waals surface area contributed by atoms with Crippen LogP contribution in [0.25, 0.3) is 0 Å². The van der Waals surface area contributed by atoms with Gasteiger partial charge in [-0.2, -0.15) is 0 Å². The zero-order valence-electron chi connectivity index (χ0n) is 12.3. The van der Waals surface area contributed by atoms with Crippen LogP contribution in [0.15, 0.2) is 0 Å². The highest BCUT2D eigenvalue weighted by molar-refractivity contribution is 5.84. The van der Waals surface area contributed by atoms with E-state index in [4.69, 9.17) is 5.11 Å². The SMILES string of the molecule is CC(CN(C)C(=O)N(C)CC(=O)N1CCCC1)C(=O)O. The van der Waals surface area contributed by atoms with Crippen LogP contribution in [0.4, 0.5) is 4.79 Å². The average Bonchev–Trinajstić information content (AvgIpc) is 2.91. The van der Waals surface area contributed by atoms with Gasteiger partial charge in [0.2, 0.25) is 5.91 Å². The van der Waals surface area contributed by atoms with Gasteiger partial charge in [0.25, 0.3) is 0 Å². The Balaban J connectivity index is 2.44. The van der Waals surface area contributed by atoms with Crippen LogP contribution in [0.5, 0.6) is 0 Å². The summed E-state index contributed by atoms with van der Waals surface area (Å²) in [4.78, 5) is 39.2. The number of carboxylic acids is 1. The van der Waals surface area contributed by atoms with Crippen LogP contribution in [0.2, 0.25) is 0 Å². The van der Waals surface area contributed by atoms with E-state index < -0.39 is 11.9 Å². The number of carbonyl (C=O) groups excluding carboxylic acids is 2. The lowest BCUT2D eigenvalue weighted by atomic mass is 10.2. The maximum atomic E-state index is 12.0. The van der Waals surface area contributed by atoms with Gasteiger partial charge in [-0.3, -0.25) is 9.59 Å². The molecule has 0 aromatic carbocycles. The molecule has 114 valence electrons. The molecule has 1 aliphatic heterocycles. The van der Waals surface area contributed by atoms with E-state index in [2.05, 4.69) is 0 Å². The van der Waals surface area contributed by atoms with Gasteiger partial charge in [-0.1, -0.05) is 6.92 Å². The predicted molar refractivity (Wildman–Crippen MR) is 73.3 cm³/mol. The highest BCUT2D eigenvalue weighted by Gasteiger charge is 2.24. The van der Waals surface area contributed by atoms with Crippen LogP contribution in [0, 0.1) is 5.92 Å². The molecule has 1 fully saturated rings. The lowest BCUT2D eigenvalue weighted by Crippen LogP contribution is -2.46. The highest BCUT2D eigenvalue weighted by atomic mass is 16.4. The van der Waals surface area contributed by atoms with E-state index in [1.165, 1.54) is 9.80 Å². The molecule has 0 aromatic rings. The third kappa shape index (κ3) is 4.40. The lowest BCUT2D eigenvalue weighted by Gasteiger charge is -2.27. The van der Waals surface area contributed by atoms with Crippen LogP contribution in [0.3, 0.4) is 0 Å². The largest absolute Gasteiger partial charge is 0.481 e. The summed E-state index contributed by atoms with van der Waals surface area (Å²) in [7, 11) is 3.09. The number of rotatable bonds is 5. The number of likely N-dealkylation sites (N-methyl/N-ethyl adjacent to an activating group) is 1. The van der Waals surface area contributed by atoms with Gasteiger partial charge >= 0.3 is 12.0 Å². The second-order valence-electron chi connectivity index (χ2n) is 5.35. The Morgan fingerprint density at radius 2 is 1.70 bits per heavy atom. The van der Waals surface area contributed by atoms with Crippen molar-refractivity contribution >= 4 is 17.9 Å². The second kappa shape index (κ2) is 7.12. The zero-order valence-corrected chi connectivity index (χ0v) is 12.3. The smallest absolute Gasteiger partial charge is 0.319 e. The molecule has 0 aromatic heterocycles. The van der Waals surface area contributed by atoms with E-state index in [0.717, 1.165) is 25.9 Å². The minimum absolute atomic E-state index is 0.0324. The van der Waals surface area contributed by atoms with Gasteiger partial charge in [0.1, 0.15) is 6.54 Å². The Morgan fingerprint density at radius 1 is 1.15 bits per heavy atom. The summed E-state index contributed by atoms with van der Waals surface area (Å²) >= 11 is 0. The number of carboxylic acid groups (broad SMARTS) is 1. The van der Waals surface area contributed by atoms with Crippen molar-refractivity contribution in [1.29, 1.82) is 0 Å². The molecule has 7 nitrogen and oxygen atoms in total. The highest BCUT2D eigenvalue weighted by Crippen LogP contribution is 2.08. The minimum Gasteiger partial charge on any atom is -0.481 e. The van der Waals surface area contributed by atoms with E-state index in [1.54, 1.807) is 25.9 Å². The first kappa shape index (κ1) is 16.3. The molecular weight excluding hydrogens is 262 g/mol. The van der Waals surface area contributed by atoms with Crippen LogP contribution in [-0.2, 0) is 9.59 Å². The standard InChI is InChI=1S/C13H23N3O4/c1-10(12(18)19)8-14(2)13(20)15(3)9-11(17)16-6-4-5-7-16/h10H,4-9H2,1-3H3,(H,18,19). The number of likely N-dealkylation sites (tertiary alicyclic amines) is 1. The van der Waals surface area contributed by atoms with Gasteiger partial charge in [-0.25, -0.2) is 4.79 Å². The van der Waals surface area contributed by atoms with E-state index in [9.17, 15) is 14.4 Å². The minimum atomic E-state index is -0.944. The maximum Gasteiger partial charge on any atom is 0.319 e. The first-order valence-corrected chi connectivity index (χ1v) is 6.79. The van der Waals surface area contributed by atoms with Gasteiger partial charge < -0.3 is 19.8 Å². The Hall–Kier alpha value is -1.79. The van der Waals surface area contributed by atoms with Crippen LogP contribution >= 0.6 is 0 Å². The maximum absolute atomic E-state index is 12.0. The Morgan fingerprint density at radius 3 is 2.20 bits per heavy atom. The number of hydrogen-bond donors (Lipinski definition) is 1. The molecule has 1 N–H and O–H groups in total. The molecule has 7 heteroatoms. The van der Waals surface area contributed by atoms with Gasteiger partial charge in [0.15, 0.2) is 0 Å². The number of amides is 3. The summed E-state index contributed by atoms with van der Waals surface area (Å²) < 4.78 is 0. The van der Waals surface area contributed by atoms with Crippen molar-refractivity contribution in [3.63, 3.8) is 0 Å². The van der Waals surface area contributed by atoms with Gasteiger partial charge in [-0.15, -0.1) is 0 Å². The van der Waals surface area contributed by atoms with E-state index in [-0.39, 0.29) is 25.0 Å². The molecule has 3 amide bonds. The molecule has 0 bridgehead atoms. The average molecular weight is 285 g/mol. The Kier molecular flexibility index (Phi) is 5.79. The molecule has 1 heterocycles. The van der Waals surface area contributed by atoms with E-state index in [0.29, 0.717) is 0 Å². The molecule has 1 rings (SSSR count). The molecule has 1 unspecified atom stereocenters. The van der Waals surface area contributed by atoms with Crippen molar-refractivity contribution in [2.45, 2.75) is 19.8 Å². The fourth-order valence-corrected chi connectivity index (χ4v) is 2.20. The molecule has 0 aliphatic carbocycles. The van der Waals surface area contributed by atoms with Crippen molar-refractivity contribution < 1.29 is 19.5 Å². The number of nitrogens with zero attached hydrogens (tertiary/aromatic N) is 3. The molecule has 1 atom stereocenters. The number of hydrogen-bond acceptors (Lipinski definition) is 3. The van der Waals surface area contributed by atoms with Crippen molar-refractivity contribution in [2.24, 2.45) is 5.92 Å². The third-order valence-corrected chi connectivity index (χ3v) is 3.45. The normalized spacial score (nSPS) is 15.8. The molecule has 0 radical (unpaired) electrons. The molecule has 20 heavy (non-hydrogen) atoms. The van der Waals surface area contributed by atoms with E-state index in [1.807, 2.05) is 0 Å². The van der Waals surface area contributed by atoms with Crippen LogP contribution in [0.1, 0.15) is 19.8 Å². The Labute approximate surface area is 119 Å². The lowest BCUT2D eigenvalue weighted by molar-refractivity contribution is -0.141. The molecular formula is C13H23N3O4. The summed E-state index contributed by atoms with van der Waals surface area (Å²) in [5, 5.41) is 8.83. The number of aliphatic carboxylic acids is 1. The fourth-order valence-electron chi connectivity index (χ4n) is 2.20. The number of urea groups is 1. The summed E-state index contributed by atoms with van der Waals surface area (Å²) in [5.41, 5.74) is 0. The second-order valence-corrected chi connectivity index (χ2v) is 5.35. The summed E-state index contributed by atoms with van der Waals surface area (Å²) in [6.07, 6.45) is 2.03. The van der Waals surface area contributed by atoms with Crippen molar-refractivity contribution in [3.8, 4) is 0 Å². The molecule has 0 spiro atoms. The van der Waals surface area contributed by atoms with Crippen molar-refractivity contribution in [2.75, 3.05) is 40.3 Å². The van der Waals surface area contributed by atoms with Crippen LogP contribution in [-0.4, -0.2) is 78.0 Å². The van der Waals surface area contributed by atoms with Crippen molar-refractivity contribution in [1.82, 2.24) is 14.7 Å². The quantitative estimate of drug-likeness (QED) is 0.788. The van der Waals surface area contributed by atoms with Crippen molar-refractivity contribution in [3.05, 3.63) is 0 Å². The summed E-state index contributed by atoms with van der Waals surface area (Å²) in [6.45, 7) is 3.21. The van der Waals surface area contributed by atoms with Gasteiger partial charge in [-0.05, 0) is 12.8 Å². The topological polar surface area (TPSA) is 81.2 Å². The van der Waals surface area contributed by atoms with E-state index >= 15 is 0 Å². The number of carbonyl (C=O) groups is 3. The van der Waals surface area contributed by atoms with Gasteiger partial charge in [0.05, 0.1) is 5.92 Å². The third-order valence-electron chi connectivity index (χ3n) is 3.45. The van der Waals surface area contributed by atoms with Gasteiger partial charge in [0, 0.05) is 33.7 Å². The molecule has 1 saturated heterocycles. The first-order valence-electron chi connectivity index (χ1n) is 6.79.